The largest absolute Gasteiger partial charge is 0.439 e. The Hall–Kier alpha value is -4.32. The van der Waals surface area contributed by atoms with Crippen LogP contribution < -0.4 is 16.4 Å². The highest BCUT2D eigenvalue weighted by Crippen LogP contribution is 2.29. The highest BCUT2D eigenvalue weighted by atomic mass is 16.6. The summed E-state index contributed by atoms with van der Waals surface area (Å²) in [4.78, 5) is 52.1. The Morgan fingerprint density at radius 2 is 1.78 bits per heavy atom. The van der Waals surface area contributed by atoms with E-state index in [0.29, 0.717) is 18.5 Å². The van der Waals surface area contributed by atoms with Crippen LogP contribution in [0.5, 0.6) is 0 Å². The fraction of sp³-hybridized carbons (Fsp3) is 0.429. The van der Waals surface area contributed by atoms with Crippen LogP contribution in [-0.4, -0.2) is 67.3 Å². The van der Waals surface area contributed by atoms with Gasteiger partial charge in [-0.05, 0) is 43.7 Å². The maximum Gasteiger partial charge on any atom is 0.405 e. The number of hydrogen-bond acceptors (Lipinski definition) is 9. The summed E-state index contributed by atoms with van der Waals surface area (Å²) in [5, 5.41) is 17.1. The van der Waals surface area contributed by atoms with Crippen molar-refractivity contribution in [3.8, 4) is 0 Å². The molecule has 0 spiro atoms. The number of ketones is 2. The van der Waals surface area contributed by atoms with Crippen LogP contribution in [0.4, 0.5) is 4.79 Å². The standard InChI is InChI=1S/C35H45N3O8/c1-20-15-25-30(37-19-24-12-8-7-9-13-24)27(39)18-26(32(25)41)38-34(42)21(2)11-10-14-28(44-5)33(46-35(36)43)23(4)17-22(3)31(40)29(16-20)45-6/h7-14,17-18,20,22,28-29,31,33,37,40H,15-16,19H2,1-6H3,(H2,36,43)(H,38,42)/b14-10-,21-11+,23-17+/t20-,22+,28+,29?,31-,33?/m1/s1. The number of primary amides is 1. The molecule has 2 aliphatic rings. The number of rotatable bonds is 6. The zero-order valence-corrected chi connectivity index (χ0v) is 27.2. The van der Waals surface area contributed by atoms with Gasteiger partial charge in [0.25, 0.3) is 5.91 Å². The van der Waals surface area contributed by atoms with E-state index in [9.17, 15) is 24.3 Å². The number of aliphatic hydroxyl groups excluding tert-OH is 1. The maximum atomic E-state index is 13.8. The molecule has 248 valence electrons. The number of amides is 2. The molecule has 0 saturated heterocycles. The van der Waals surface area contributed by atoms with Crippen LogP contribution in [0.1, 0.15) is 46.1 Å². The van der Waals surface area contributed by atoms with E-state index in [1.807, 2.05) is 44.2 Å². The first kappa shape index (κ1) is 36.2. The lowest BCUT2D eigenvalue weighted by molar-refractivity contribution is -0.120. The van der Waals surface area contributed by atoms with Crippen molar-refractivity contribution in [2.24, 2.45) is 17.6 Å². The average molecular weight is 636 g/mol. The third-order valence-electron chi connectivity index (χ3n) is 8.11. The Morgan fingerprint density at radius 1 is 1.09 bits per heavy atom. The molecule has 0 saturated carbocycles. The van der Waals surface area contributed by atoms with Crippen LogP contribution in [-0.2, 0) is 35.1 Å². The summed E-state index contributed by atoms with van der Waals surface area (Å²) in [7, 11) is 2.93. The molecular weight excluding hydrogens is 590 g/mol. The van der Waals surface area contributed by atoms with E-state index in [-0.39, 0.29) is 34.9 Å². The fourth-order valence-corrected chi connectivity index (χ4v) is 5.56. The van der Waals surface area contributed by atoms with Crippen LogP contribution >= 0.6 is 0 Å². The summed E-state index contributed by atoms with van der Waals surface area (Å²) in [6.07, 6.45) is 3.80. The number of nitrogens with one attached hydrogen (secondary N) is 2. The number of carbonyl (C=O) groups is 4. The predicted octanol–water partition coefficient (Wildman–Crippen LogP) is 3.55. The van der Waals surface area contributed by atoms with Crippen molar-refractivity contribution in [1.82, 2.24) is 10.6 Å². The zero-order valence-electron chi connectivity index (χ0n) is 27.2. The van der Waals surface area contributed by atoms with Gasteiger partial charge in [-0.25, -0.2) is 4.79 Å². The number of fused-ring (bicyclic) bond motifs is 2. The minimum Gasteiger partial charge on any atom is -0.439 e. The summed E-state index contributed by atoms with van der Waals surface area (Å²) in [6.45, 7) is 7.33. The van der Waals surface area contributed by atoms with E-state index in [0.717, 1.165) is 11.6 Å². The summed E-state index contributed by atoms with van der Waals surface area (Å²) in [5.74, 6) is -2.14. The first-order valence-electron chi connectivity index (χ1n) is 15.2. The number of nitrogens with two attached hydrogens (primary N) is 1. The summed E-state index contributed by atoms with van der Waals surface area (Å²) >= 11 is 0. The van der Waals surface area contributed by atoms with Gasteiger partial charge in [-0.1, -0.05) is 68.5 Å². The monoisotopic (exact) mass is 635 g/mol. The van der Waals surface area contributed by atoms with E-state index in [2.05, 4.69) is 10.6 Å². The lowest BCUT2D eigenvalue weighted by Crippen LogP contribution is -2.37. The average Bonchev–Trinajstić information content (AvgIpc) is 3.02. The highest BCUT2D eigenvalue weighted by molar-refractivity contribution is 6.23. The van der Waals surface area contributed by atoms with E-state index in [1.165, 1.54) is 20.3 Å². The van der Waals surface area contributed by atoms with Gasteiger partial charge < -0.3 is 35.7 Å². The number of Topliss-reactive ketones (excluding diaryl/α,β-unsaturated/α-hetero) is 1. The number of aliphatic hydroxyl groups is 1. The van der Waals surface area contributed by atoms with Gasteiger partial charge in [-0.2, -0.15) is 0 Å². The Morgan fingerprint density at radius 3 is 2.41 bits per heavy atom. The lowest BCUT2D eigenvalue weighted by atomic mass is 9.85. The van der Waals surface area contributed by atoms with E-state index >= 15 is 0 Å². The van der Waals surface area contributed by atoms with Crippen LogP contribution in [0.25, 0.3) is 0 Å². The Bertz CT molecular complexity index is 1440. The first-order chi connectivity index (χ1) is 21.9. The number of hydrogen-bond donors (Lipinski definition) is 4. The molecule has 3 rings (SSSR count). The second-order valence-electron chi connectivity index (χ2n) is 11.8. The van der Waals surface area contributed by atoms with E-state index < -0.39 is 53.9 Å². The summed E-state index contributed by atoms with van der Waals surface area (Å²) in [5.41, 5.74) is 7.42. The van der Waals surface area contributed by atoms with Crippen LogP contribution in [0.15, 0.2) is 88.8 Å². The summed E-state index contributed by atoms with van der Waals surface area (Å²) in [6, 6.07) is 9.48. The van der Waals surface area contributed by atoms with Gasteiger partial charge in [0.05, 0.1) is 23.6 Å². The van der Waals surface area contributed by atoms with Crippen molar-refractivity contribution in [1.29, 1.82) is 0 Å². The van der Waals surface area contributed by atoms with Gasteiger partial charge >= 0.3 is 6.09 Å². The second kappa shape index (κ2) is 16.8. The fourth-order valence-electron chi connectivity index (χ4n) is 5.56. The van der Waals surface area contributed by atoms with Crippen LogP contribution in [0.3, 0.4) is 0 Å². The number of carbonyl (C=O) groups excluding carboxylic acids is 4. The summed E-state index contributed by atoms with van der Waals surface area (Å²) < 4.78 is 16.7. The van der Waals surface area contributed by atoms with Gasteiger partial charge in [0.1, 0.15) is 6.10 Å². The number of allylic oxidation sites excluding steroid dienone is 4. The third-order valence-corrected chi connectivity index (χ3v) is 8.11. The normalized spacial score (nSPS) is 29.9. The molecular formula is C35H45N3O8. The van der Waals surface area contributed by atoms with Crippen molar-refractivity contribution in [2.75, 3.05) is 14.2 Å². The first-order valence-corrected chi connectivity index (χ1v) is 15.2. The van der Waals surface area contributed by atoms with Gasteiger partial charge in [-0.3, -0.25) is 14.4 Å². The topological polar surface area (TPSA) is 166 Å². The molecule has 1 aromatic rings. The zero-order chi connectivity index (χ0) is 34.0. The molecule has 6 atom stereocenters. The highest BCUT2D eigenvalue weighted by Gasteiger charge is 2.33. The SMILES string of the molecule is COC1C[C@H](C)CC2=C(NCc3ccccc3)C(=O)C=C(NC(=O)/C(C)=C/C=C\[C@H](OC)C(OC(N)=O)/C(C)=C/[C@H](C)[C@H]1O)C2=O. The van der Waals surface area contributed by atoms with Crippen LogP contribution in [0, 0.1) is 11.8 Å². The van der Waals surface area contributed by atoms with Crippen LogP contribution in [0.2, 0.25) is 0 Å². The molecule has 11 heteroatoms. The van der Waals surface area contributed by atoms with Gasteiger partial charge in [0.2, 0.25) is 11.6 Å². The van der Waals surface area contributed by atoms with Crippen molar-refractivity contribution in [3.63, 3.8) is 0 Å². The lowest BCUT2D eigenvalue weighted by Gasteiger charge is -2.30. The number of ether oxygens (including phenoxy) is 3. The molecule has 0 aromatic heterocycles. The molecule has 46 heavy (non-hydrogen) atoms. The quantitative estimate of drug-likeness (QED) is 0.270. The second-order valence-corrected chi connectivity index (χ2v) is 11.8. The van der Waals surface area contributed by atoms with E-state index in [4.69, 9.17) is 19.9 Å². The molecule has 1 aromatic carbocycles. The predicted molar refractivity (Wildman–Crippen MR) is 173 cm³/mol. The smallest absolute Gasteiger partial charge is 0.405 e. The molecule has 0 fully saturated rings. The molecule has 1 heterocycles. The number of methoxy groups -OCH3 is 2. The third kappa shape index (κ3) is 9.59. The Labute approximate surface area is 270 Å². The molecule has 1 aliphatic carbocycles. The van der Waals surface area contributed by atoms with Crippen molar-refractivity contribution < 1.29 is 38.5 Å². The Balaban J connectivity index is 2.06. The van der Waals surface area contributed by atoms with Crippen molar-refractivity contribution in [3.05, 3.63) is 94.4 Å². The number of benzene rings is 1. The molecule has 2 amide bonds. The minimum atomic E-state index is -1.000. The van der Waals surface area contributed by atoms with Gasteiger partial charge in [0.15, 0.2) is 6.10 Å². The van der Waals surface area contributed by atoms with Crippen molar-refractivity contribution in [2.45, 2.75) is 71.5 Å². The Kier molecular flexibility index (Phi) is 13.2. The molecule has 2 unspecified atom stereocenters. The van der Waals surface area contributed by atoms with Gasteiger partial charge in [0, 0.05) is 43.9 Å². The molecule has 2 bridgehead atoms. The molecule has 1 aliphatic heterocycles. The maximum absolute atomic E-state index is 13.8. The minimum absolute atomic E-state index is 0.126. The molecule has 11 nitrogen and oxygen atoms in total. The van der Waals surface area contributed by atoms with Gasteiger partial charge in [-0.15, -0.1) is 0 Å². The van der Waals surface area contributed by atoms with E-state index in [1.54, 1.807) is 32.1 Å². The van der Waals surface area contributed by atoms with Crippen molar-refractivity contribution >= 4 is 23.6 Å². The molecule has 0 radical (unpaired) electrons. The molecule has 5 N–H and O–H groups in total.